The average molecular weight is 559 g/mol. The van der Waals surface area contributed by atoms with Crippen molar-refractivity contribution in [1.29, 1.82) is 0 Å². The van der Waals surface area contributed by atoms with Crippen molar-refractivity contribution in [2.24, 2.45) is 0 Å². The number of ether oxygens (including phenoxy) is 2. The van der Waals surface area contributed by atoms with Crippen molar-refractivity contribution in [2.45, 2.75) is 33.6 Å². The fourth-order valence-electron chi connectivity index (χ4n) is 3.55. The van der Waals surface area contributed by atoms with Crippen molar-refractivity contribution in [1.82, 2.24) is 0 Å². The van der Waals surface area contributed by atoms with Crippen LogP contribution in [0, 0.1) is 53.9 Å². The number of rotatable bonds is 4. The first kappa shape index (κ1) is 30.9. The van der Waals surface area contributed by atoms with E-state index in [4.69, 9.17) is 9.47 Å². The Bertz CT molecular complexity index is 1600. The molecule has 4 aromatic rings. The monoisotopic (exact) mass is 558 g/mol. The van der Waals surface area contributed by atoms with Gasteiger partial charge in [-0.15, -0.1) is 0 Å². The molecular weight excluding hydrogens is 528 g/mol. The first-order valence-corrected chi connectivity index (χ1v) is 13.0. The molecule has 4 rings (SSSR count). The van der Waals surface area contributed by atoms with Crippen molar-refractivity contribution in [3.63, 3.8) is 0 Å². The molecule has 0 aliphatic heterocycles. The van der Waals surface area contributed by atoms with Crippen LogP contribution in [0.4, 0.5) is 17.6 Å². The Morgan fingerprint density at radius 1 is 0.610 bits per heavy atom. The Balaban J connectivity index is 0.000000228. The van der Waals surface area contributed by atoms with Crippen molar-refractivity contribution in [3.8, 4) is 35.2 Å². The molecule has 0 saturated carbocycles. The van der Waals surface area contributed by atoms with E-state index >= 15 is 0 Å². The van der Waals surface area contributed by atoms with Crippen LogP contribution in [0.1, 0.15) is 60.1 Å². The van der Waals surface area contributed by atoms with Crippen LogP contribution in [0.15, 0.2) is 72.8 Å². The van der Waals surface area contributed by atoms with E-state index in [0.717, 1.165) is 16.7 Å². The standard InChI is InChI=1S/C19H18F2O.C16H12F2O/c1-4-22-17-12-11-16(18(20)19(17)21)10-7-14-5-8-15(9-6-14)13(2)3;1-11-3-5-12(6-4-11)7-8-13-9-10-14(19-2)16(18)15(13)17/h5-6,8-9,11-13H,4H2,1-3H3;3-6,9-10H,1-2H3. The van der Waals surface area contributed by atoms with Gasteiger partial charge in [-0.05, 0) is 73.9 Å². The molecule has 6 heteroatoms. The summed E-state index contributed by atoms with van der Waals surface area (Å²) in [7, 11) is 1.29. The van der Waals surface area contributed by atoms with Gasteiger partial charge < -0.3 is 9.47 Å². The van der Waals surface area contributed by atoms with Gasteiger partial charge in [0.2, 0.25) is 11.6 Å². The summed E-state index contributed by atoms with van der Waals surface area (Å²) in [5.41, 5.74) is 3.88. The molecule has 0 unspecified atom stereocenters. The lowest BCUT2D eigenvalue weighted by atomic mass is 10.0. The third kappa shape index (κ3) is 8.40. The molecule has 0 spiro atoms. The molecular formula is C35H30F4O2. The second kappa shape index (κ2) is 14.6. The van der Waals surface area contributed by atoms with Gasteiger partial charge in [0.25, 0.3) is 0 Å². The van der Waals surface area contributed by atoms with Crippen LogP contribution >= 0.6 is 0 Å². The van der Waals surface area contributed by atoms with Gasteiger partial charge in [-0.25, -0.2) is 8.78 Å². The summed E-state index contributed by atoms with van der Waals surface area (Å²) in [6.45, 7) is 8.18. The predicted molar refractivity (Wildman–Crippen MR) is 154 cm³/mol. The summed E-state index contributed by atoms with van der Waals surface area (Å²) in [6.07, 6.45) is 0. The van der Waals surface area contributed by atoms with Gasteiger partial charge in [0, 0.05) is 11.1 Å². The van der Waals surface area contributed by atoms with Crippen LogP contribution in [0.3, 0.4) is 0 Å². The molecule has 0 saturated heterocycles. The van der Waals surface area contributed by atoms with Crippen LogP contribution in [-0.4, -0.2) is 13.7 Å². The van der Waals surface area contributed by atoms with E-state index in [-0.39, 0.29) is 29.2 Å². The summed E-state index contributed by atoms with van der Waals surface area (Å²) in [4.78, 5) is 0. The lowest BCUT2D eigenvalue weighted by Gasteiger charge is -2.05. The highest BCUT2D eigenvalue weighted by Gasteiger charge is 2.13. The summed E-state index contributed by atoms with van der Waals surface area (Å²) >= 11 is 0. The zero-order valence-electron chi connectivity index (χ0n) is 23.5. The van der Waals surface area contributed by atoms with Gasteiger partial charge in [-0.2, -0.15) is 8.78 Å². The van der Waals surface area contributed by atoms with E-state index in [1.165, 1.54) is 36.9 Å². The van der Waals surface area contributed by atoms with Crippen molar-refractivity contribution < 1.29 is 27.0 Å². The molecule has 0 bridgehead atoms. The third-order valence-corrected chi connectivity index (χ3v) is 5.93. The van der Waals surface area contributed by atoms with Crippen LogP contribution in [-0.2, 0) is 0 Å². The molecule has 0 aliphatic rings. The molecule has 0 aromatic heterocycles. The van der Waals surface area contributed by atoms with Crippen molar-refractivity contribution in [2.75, 3.05) is 13.7 Å². The van der Waals surface area contributed by atoms with E-state index in [9.17, 15) is 17.6 Å². The maximum absolute atomic E-state index is 13.9. The molecule has 0 radical (unpaired) electrons. The Morgan fingerprint density at radius 2 is 1.07 bits per heavy atom. The highest BCUT2D eigenvalue weighted by atomic mass is 19.2. The Labute approximate surface area is 239 Å². The number of methoxy groups -OCH3 is 1. The van der Waals surface area contributed by atoms with Crippen LogP contribution in [0.5, 0.6) is 11.5 Å². The Morgan fingerprint density at radius 3 is 1.54 bits per heavy atom. The van der Waals surface area contributed by atoms with Crippen molar-refractivity contribution >= 4 is 0 Å². The minimum Gasteiger partial charge on any atom is -0.494 e. The van der Waals surface area contributed by atoms with E-state index in [2.05, 4.69) is 37.5 Å². The number of aryl methyl sites for hydroxylation is 1. The number of hydrogen-bond acceptors (Lipinski definition) is 2. The summed E-state index contributed by atoms with van der Waals surface area (Å²) in [5, 5.41) is 0. The van der Waals surface area contributed by atoms with E-state index in [1.54, 1.807) is 6.92 Å². The molecule has 0 amide bonds. The summed E-state index contributed by atoms with van der Waals surface area (Å²) in [6, 6.07) is 20.8. The lowest BCUT2D eigenvalue weighted by Crippen LogP contribution is -1.98. The van der Waals surface area contributed by atoms with Crippen LogP contribution in [0.25, 0.3) is 0 Å². The zero-order valence-corrected chi connectivity index (χ0v) is 23.5. The van der Waals surface area contributed by atoms with Crippen LogP contribution in [0.2, 0.25) is 0 Å². The zero-order chi connectivity index (χ0) is 29.9. The van der Waals surface area contributed by atoms with Crippen LogP contribution < -0.4 is 9.47 Å². The molecule has 41 heavy (non-hydrogen) atoms. The van der Waals surface area contributed by atoms with Gasteiger partial charge in [-0.1, -0.05) is 67.4 Å². The van der Waals surface area contributed by atoms with Gasteiger partial charge >= 0.3 is 0 Å². The first-order valence-electron chi connectivity index (χ1n) is 13.0. The molecule has 0 fully saturated rings. The van der Waals surface area contributed by atoms with Gasteiger partial charge in [0.05, 0.1) is 24.8 Å². The lowest BCUT2D eigenvalue weighted by molar-refractivity contribution is 0.314. The fraction of sp³-hybridized carbons (Fsp3) is 0.200. The quantitative estimate of drug-likeness (QED) is 0.185. The van der Waals surface area contributed by atoms with E-state index in [1.807, 2.05) is 55.5 Å². The molecule has 0 heterocycles. The molecule has 0 aliphatic carbocycles. The minimum atomic E-state index is -1.02. The summed E-state index contributed by atoms with van der Waals surface area (Å²) in [5.74, 6) is 7.19. The smallest absolute Gasteiger partial charge is 0.201 e. The first-order chi connectivity index (χ1) is 19.6. The number of hydrogen-bond donors (Lipinski definition) is 0. The number of benzene rings is 4. The fourth-order valence-corrected chi connectivity index (χ4v) is 3.55. The minimum absolute atomic E-state index is 0.0128. The number of halogens is 4. The topological polar surface area (TPSA) is 18.5 Å². The maximum Gasteiger partial charge on any atom is 0.201 e. The molecule has 4 aromatic carbocycles. The molecule has 0 N–H and O–H groups in total. The highest BCUT2D eigenvalue weighted by molar-refractivity contribution is 5.47. The Kier molecular flexibility index (Phi) is 11.0. The van der Waals surface area contributed by atoms with E-state index < -0.39 is 23.3 Å². The highest BCUT2D eigenvalue weighted by Crippen LogP contribution is 2.23. The molecule has 0 atom stereocenters. The SMILES string of the molecule is CCOc1ccc(C#Cc2ccc(C(C)C)cc2)c(F)c1F.COc1ccc(C#Cc2ccc(C)cc2)c(F)c1F. The molecule has 210 valence electrons. The van der Waals surface area contributed by atoms with Gasteiger partial charge in [0.1, 0.15) is 0 Å². The normalized spacial score (nSPS) is 10.0. The predicted octanol–water partition coefficient (Wildman–Crippen LogP) is 8.57. The largest absolute Gasteiger partial charge is 0.494 e. The van der Waals surface area contributed by atoms with E-state index in [0.29, 0.717) is 5.92 Å². The van der Waals surface area contributed by atoms with Crippen molar-refractivity contribution in [3.05, 3.63) is 129 Å². The summed E-state index contributed by atoms with van der Waals surface area (Å²) < 4.78 is 64.5. The average Bonchev–Trinajstić information content (AvgIpc) is 2.97. The Hall–Kier alpha value is -4.68. The second-order valence-corrected chi connectivity index (χ2v) is 9.26. The van der Waals surface area contributed by atoms with Gasteiger partial charge in [-0.3, -0.25) is 0 Å². The van der Waals surface area contributed by atoms with Gasteiger partial charge in [0.15, 0.2) is 23.1 Å². The third-order valence-electron chi connectivity index (χ3n) is 5.93. The second-order valence-electron chi connectivity index (χ2n) is 9.26. The molecule has 2 nitrogen and oxygen atoms in total. The maximum atomic E-state index is 13.9.